The Morgan fingerprint density at radius 1 is 1.40 bits per heavy atom. The first-order valence-corrected chi connectivity index (χ1v) is 7.18. The summed E-state index contributed by atoms with van der Waals surface area (Å²) in [6, 6.07) is -1.11. The molecule has 1 rings (SSSR count). The van der Waals surface area contributed by atoms with Crippen molar-refractivity contribution in [3.8, 4) is 0 Å². The molecule has 0 saturated carbocycles. The lowest BCUT2D eigenvalue weighted by atomic mass is 9.87. The smallest absolute Gasteiger partial charge is 0.326 e. The van der Waals surface area contributed by atoms with Crippen LogP contribution < -0.4 is 5.32 Å². The van der Waals surface area contributed by atoms with Gasteiger partial charge in [0, 0.05) is 19.2 Å². The third-order valence-corrected chi connectivity index (χ3v) is 3.71. The Morgan fingerprint density at radius 2 is 2.05 bits per heavy atom. The van der Waals surface area contributed by atoms with Gasteiger partial charge in [-0.2, -0.15) is 0 Å². The highest BCUT2D eigenvalue weighted by Gasteiger charge is 2.36. The summed E-state index contributed by atoms with van der Waals surface area (Å²) in [5, 5.41) is 20.8. The van der Waals surface area contributed by atoms with Crippen LogP contribution in [-0.2, 0) is 4.79 Å². The van der Waals surface area contributed by atoms with E-state index >= 15 is 0 Å². The van der Waals surface area contributed by atoms with Gasteiger partial charge in [0.05, 0.1) is 0 Å². The third-order valence-electron chi connectivity index (χ3n) is 3.71. The maximum absolute atomic E-state index is 12.3. The van der Waals surface area contributed by atoms with E-state index in [1.807, 2.05) is 0 Å². The van der Waals surface area contributed by atoms with Gasteiger partial charge in [0.25, 0.3) is 0 Å². The van der Waals surface area contributed by atoms with Gasteiger partial charge in [0.1, 0.15) is 6.04 Å². The van der Waals surface area contributed by atoms with Crippen LogP contribution in [0.15, 0.2) is 0 Å². The molecule has 0 bridgehead atoms. The minimum atomic E-state index is -1.02. The van der Waals surface area contributed by atoms with Crippen LogP contribution in [0.25, 0.3) is 0 Å². The van der Waals surface area contributed by atoms with Crippen molar-refractivity contribution in [3.05, 3.63) is 0 Å². The van der Waals surface area contributed by atoms with Crippen molar-refractivity contribution in [2.45, 2.75) is 58.5 Å². The van der Waals surface area contributed by atoms with E-state index in [4.69, 9.17) is 5.11 Å². The quantitative estimate of drug-likeness (QED) is 0.713. The molecule has 3 N–H and O–H groups in total. The molecule has 1 heterocycles. The molecule has 0 spiro atoms. The van der Waals surface area contributed by atoms with Crippen LogP contribution in [0.3, 0.4) is 0 Å². The SMILES string of the molecule is CC(C)(C)[C@@H](NC(=O)N1CCCC1CCCO)C(=O)O. The van der Waals surface area contributed by atoms with Gasteiger partial charge in [-0.25, -0.2) is 9.59 Å². The van der Waals surface area contributed by atoms with Crippen molar-refractivity contribution in [2.75, 3.05) is 13.2 Å². The van der Waals surface area contributed by atoms with E-state index in [1.165, 1.54) is 0 Å². The fraction of sp³-hybridized carbons (Fsp3) is 0.857. The van der Waals surface area contributed by atoms with Crippen LogP contribution in [0.2, 0.25) is 0 Å². The summed E-state index contributed by atoms with van der Waals surface area (Å²) in [5.41, 5.74) is -0.540. The first kappa shape index (κ1) is 16.8. The Hall–Kier alpha value is -1.30. The highest BCUT2D eigenvalue weighted by atomic mass is 16.4. The van der Waals surface area contributed by atoms with Crippen LogP contribution in [0.4, 0.5) is 4.79 Å². The fourth-order valence-corrected chi connectivity index (χ4v) is 2.59. The van der Waals surface area contributed by atoms with E-state index < -0.39 is 17.4 Å². The number of urea groups is 1. The normalized spacial score (nSPS) is 20.8. The van der Waals surface area contributed by atoms with Gasteiger partial charge in [0.15, 0.2) is 0 Å². The number of rotatable bonds is 5. The zero-order valence-corrected chi connectivity index (χ0v) is 12.6. The molecule has 0 radical (unpaired) electrons. The largest absolute Gasteiger partial charge is 0.480 e. The molecule has 1 aliphatic rings. The van der Waals surface area contributed by atoms with Crippen molar-refractivity contribution in [1.82, 2.24) is 10.2 Å². The molecular formula is C14H26N2O4. The second-order valence-electron chi connectivity index (χ2n) is 6.44. The molecule has 6 heteroatoms. The maximum atomic E-state index is 12.3. The van der Waals surface area contributed by atoms with Crippen LogP contribution in [-0.4, -0.2) is 52.3 Å². The highest BCUT2D eigenvalue weighted by Crippen LogP contribution is 2.23. The first-order valence-electron chi connectivity index (χ1n) is 7.18. The number of aliphatic hydroxyl groups is 1. The van der Waals surface area contributed by atoms with Gasteiger partial charge in [-0.1, -0.05) is 20.8 Å². The van der Waals surface area contributed by atoms with Crippen molar-refractivity contribution in [2.24, 2.45) is 5.41 Å². The molecule has 0 aromatic carbocycles. The average molecular weight is 286 g/mol. The average Bonchev–Trinajstić information content (AvgIpc) is 2.79. The molecule has 2 amide bonds. The molecule has 1 saturated heterocycles. The Kier molecular flexibility index (Phi) is 5.80. The van der Waals surface area contributed by atoms with Crippen LogP contribution >= 0.6 is 0 Å². The summed E-state index contributed by atoms with van der Waals surface area (Å²) in [6.45, 7) is 6.14. The van der Waals surface area contributed by atoms with Crippen molar-refractivity contribution >= 4 is 12.0 Å². The summed E-state index contributed by atoms with van der Waals surface area (Å²) in [4.78, 5) is 25.3. The van der Waals surface area contributed by atoms with Crippen LogP contribution in [0.1, 0.15) is 46.5 Å². The molecule has 0 aromatic heterocycles. The summed E-state index contributed by atoms with van der Waals surface area (Å²) in [6.07, 6.45) is 3.27. The molecule has 1 fully saturated rings. The molecule has 0 aromatic rings. The number of amides is 2. The van der Waals surface area contributed by atoms with Gasteiger partial charge in [-0.15, -0.1) is 0 Å². The Balaban J connectivity index is 2.66. The lowest BCUT2D eigenvalue weighted by Crippen LogP contribution is -2.54. The van der Waals surface area contributed by atoms with E-state index in [9.17, 15) is 14.7 Å². The summed E-state index contributed by atoms with van der Waals surface area (Å²) < 4.78 is 0. The zero-order valence-electron chi connectivity index (χ0n) is 12.6. The number of carboxylic acids is 1. The number of carbonyl (C=O) groups excluding carboxylic acids is 1. The standard InChI is InChI=1S/C14H26N2O4/c1-14(2,3)11(12(18)19)15-13(20)16-8-4-6-10(16)7-5-9-17/h10-11,17H,4-9H2,1-3H3,(H,15,20)(H,18,19)/t10?,11-/m0/s1. The number of likely N-dealkylation sites (tertiary alicyclic amines) is 1. The minimum Gasteiger partial charge on any atom is -0.480 e. The molecule has 0 aliphatic carbocycles. The van der Waals surface area contributed by atoms with Gasteiger partial charge < -0.3 is 20.4 Å². The van der Waals surface area contributed by atoms with E-state index in [0.29, 0.717) is 13.0 Å². The van der Waals surface area contributed by atoms with Gasteiger partial charge in [0.2, 0.25) is 0 Å². The maximum Gasteiger partial charge on any atom is 0.326 e. The highest BCUT2D eigenvalue weighted by molar-refractivity contribution is 5.83. The van der Waals surface area contributed by atoms with Gasteiger partial charge in [-0.3, -0.25) is 0 Å². The number of carboxylic acid groups (broad SMARTS) is 1. The molecular weight excluding hydrogens is 260 g/mol. The lowest BCUT2D eigenvalue weighted by molar-refractivity contribution is -0.142. The number of nitrogens with one attached hydrogen (secondary N) is 1. The third kappa shape index (κ3) is 4.37. The molecule has 20 heavy (non-hydrogen) atoms. The second kappa shape index (κ2) is 6.92. The first-order chi connectivity index (χ1) is 9.27. The summed E-state index contributed by atoms with van der Waals surface area (Å²) in [7, 11) is 0. The van der Waals surface area contributed by atoms with E-state index in [-0.39, 0.29) is 18.7 Å². The molecule has 6 nitrogen and oxygen atoms in total. The van der Waals surface area contributed by atoms with E-state index in [0.717, 1.165) is 19.3 Å². The predicted molar refractivity (Wildman–Crippen MR) is 75.5 cm³/mol. The number of aliphatic carboxylic acids is 1. The predicted octanol–water partition coefficient (Wildman–Crippen LogP) is 1.43. The van der Waals surface area contributed by atoms with E-state index in [1.54, 1.807) is 25.7 Å². The zero-order chi connectivity index (χ0) is 15.3. The van der Waals surface area contributed by atoms with Crippen molar-refractivity contribution < 1.29 is 19.8 Å². The summed E-state index contributed by atoms with van der Waals surface area (Å²) in [5.74, 6) is -1.02. The lowest BCUT2D eigenvalue weighted by Gasteiger charge is -2.31. The Bertz CT molecular complexity index is 352. The monoisotopic (exact) mass is 286 g/mol. The molecule has 1 aliphatic heterocycles. The van der Waals surface area contributed by atoms with Gasteiger partial charge >= 0.3 is 12.0 Å². The molecule has 1 unspecified atom stereocenters. The second-order valence-corrected chi connectivity index (χ2v) is 6.44. The van der Waals surface area contributed by atoms with Crippen LogP contribution in [0, 0.1) is 5.41 Å². The van der Waals surface area contributed by atoms with Crippen molar-refractivity contribution in [1.29, 1.82) is 0 Å². The number of hydrogen-bond donors (Lipinski definition) is 3. The Labute approximate surface area is 120 Å². The topological polar surface area (TPSA) is 89.9 Å². The number of nitrogens with zero attached hydrogens (tertiary/aromatic N) is 1. The van der Waals surface area contributed by atoms with Crippen LogP contribution in [0.5, 0.6) is 0 Å². The number of aliphatic hydroxyl groups excluding tert-OH is 1. The number of hydrogen-bond acceptors (Lipinski definition) is 3. The minimum absolute atomic E-state index is 0.108. The van der Waals surface area contributed by atoms with Gasteiger partial charge in [-0.05, 0) is 31.1 Å². The van der Waals surface area contributed by atoms with E-state index in [2.05, 4.69) is 5.32 Å². The van der Waals surface area contributed by atoms with Crippen molar-refractivity contribution in [3.63, 3.8) is 0 Å². The Morgan fingerprint density at radius 3 is 2.55 bits per heavy atom. The number of carbonyl (C=O) groups is 2. The molecule has 116 valence electrons. The fourth-order valence-electron chi connectivity index (χ4n) is 2.59. The molecule has 2 atom stereocenters. The summed E-state index contributed by atoms with van der Waals surface area (Å²) >= 11 is 0.